The third kappa shape index (κ3) is 7.85. The molecule has 2 aromatic rings. The van der Waals surface area contributed by atoms with Crippen LogP contribution in [-0.2, 0) is 9.59 Å². The molecule has 0 radical (unpaired) electrons. The number of nitrogens with one attached hydrogen (secondary N) is 2. The molecule has 0 unspecified atom stereocenters. The van der Waals surface area contributed by atoms with E-state index in [0.717, 1.165) is 16.8 Å². The molecule has 0 bridgehead atoms. The van der Waals surface area contributed by atoms with E-state index in [0.29, 0.717) is 6.54 Å². The summed E-state index contributed by atoms with van der Waals surface area (Å²) in [4.78, 5) is 26.4. The Balaban J connectivity index is 1.79. The van der Waals surface area contributed by atoms with Crippen molar-refractivity contribution in [3.05, 3.63) is 65.7 Å². The molecule has 0 aliphatic heterocycles. The fourth-order valence-corrected chi connectivity index (χ4v) is 3.31. The molecule has 0 aromatic heterocycles. The second kappa shape index (κ2) is 10.7. The van der Waals surface area contributed by atoms with Crippen molar-refractivity contribution in [2.24, 2.45) is 0 Å². The highest BCUT2D eigenvalue weighted by molar-refractivity contribution is 8.00. The number of rotatable bonds is 9. The average Bonchev–Trinajstić information content (AvgIpc) is 2.61. The van der Waals surface area contributed by atoms with Crippen LogP contribution in [0.3, 0.4) is 0 Å². The van der Waals surface area contributed by atoms with Crippen LogP contribution in [0, 0.1) is 6.92 Å². The van der Waals surface area contributed by atoms with Crippen molar-refractivity contribution >= 4 is 29.3 Å². The fraction of sp³-hybridized carbons (Fsp3) is 0.333. The van der Waals surface area contributed by atoms with Gasteiger partial charge in [0, 0.05) is 12.2 Å². The molecule has 2 amide bonds. The van der Waals surface area contributed by atoms with Crippen LogP contribution in [0.2, 0.25) is 0 Å². The molecule has 0 heterocycles. The maximum Gasteiger partial charge on any atom is 0.234 e. The lowest BCUT2D eigenvalue weighted by molar-refractivity contribution is -0.119. The molecule has 0 spiro atoms. The second-order valence-corrected chi connectivity index (χ2v) is 7.69. The van der Waals surface area contributed by atoms with Crippen LogP contribution >= 0.6 is 11.8 Å². The summed E-state index contributed by atoms with van der Waals surface area (Å²) in [6, 6.07) is 17.5. The summed E-state index contributed by atoms with van der Waals surface area (Å²) in [7, 11) is 3.96. The lowest BCUT2D eigenvalue weighted by Gasteiger charge is -2.22. The SMILES string of the molecule is Cc1cccc(NC(=O)CSCC(=O)N[C@@H](CN(C)C)c2ccccc2)c1. The lowest BCUT2D eigenvalue weighted by Crippen LogP contribution is -2.36. The van der Waals surface area contributed by atoms with Gasteiger partial charge in [-0.05, 0) is 44.3 Å². The van der Waals surface area contributed by atoms with Crippen molar-refractivity contribution in [1.82, 2.24) is 10.2 Å². The molecule has 2 rings (SSSR count). The molecule has 0 saturated heterocycles. The van der Waals surface area contributed by atoms with Gasteiger partial charge in [-0.1, -0.05) is 42.5 Å². The van der Waals surface area contributed by atoms with Gasteiger partial charge in [0.25, 0.3) is 0 Å². The first kappa shape index (κ1) is 21.0. The standard InChI is InChI=1S/C21H27N3O2S/c1-16-8-7-11-18(12-16)22-20(25)14-27-15-21(26)23-19(13-24(2)3)17-9-5-4-6-10-17/h4-12,19H,13-15H2,1-3H3,(H,22,25)(H,23,26)/t19-/m0/s1. The average molecular weight is 386 g/mol. The number of carbonyl (C=O) groups is 2. The van der Waals surface area contributed by atoms with E-state index in [2.05, 4.69) is 10.6 Å². The fourth-order valence-electron chi connectivity index (χ4n) is 2.68. The van der Waals surface area contributed by atoms with E-state index in [-0.39, 0.29) is 29.4 Å². The van der Waals surface area contributed by atoms with Crippen LogP contribution in [0.5, 0.6) is 0 Å². The van der Waals surface area contributed by atoms with E-state index in [1.165, 1.54) is 11.8 Å². The van der Waals surface area contributed by atoms with Crippen molar-refractivity contribution in [3.63, 3.8) is 0 Å². The molecule has 6 heteroatoms. The Labute approximate surface area is 165 Å². The smallest absolute Gasteiger partial charge is 0.234 e. The molecular weight excluding hydrogens is 358 g/mol. The predicted octanol–water partition coefficient (Wildman–Crippen LogP) is 3.09. The zero-order chi connectivity index (χ0) is 19.6. The molecule has 27 heavy (non-hydrogen) atoms. The summed E-state index contributed by atoms with van der Waals surface area (Å²) in [5, 5.41) is 5.91. The molecule has 144 valence electrons. The van der Waals surface area contributed by atoms with Gasteiger partial charge in [-0.3, -0.25) is 9.59 Å². The van der Waals surface area contributed by atoms with Crippen molar-refractivity contribution in [1.29, 1.82) is 0 Å². The summed E-state index contributed by atoms with van der Waals surface area (Å²) in [5.41, 5.74) is 2.94. The number of thioether (sulfide) groups is 1. The minimum atomic E-state index is -0.105. The summed E-state index contributed by atoms with van der Waals surface area (Å²) in [6.07, 6.45) is 0. The van der Waals surface area contributed by atoms with Gasteiger partial charge in [0.15, 0.2) is 0 Å². The summed E-state index contributed by atoms with van der Waals surface area (Å²) >= 11 is 1.31. The maximum atomic E-state index is 12.3. The molecule has 5 nitrogen and oxygen atoms in total. The highest BCUT2D eigenvalue weighted by Gasteiger charge is 2.15. The van der Waals surface area contributed by atoms with Crippen molar-refractivity contribution in [3.8, 4) is 0 Å². The number of aryl methyl sites for hydroxylation is 1. The van der Waals surface area contributed by atoms with Crippen molar-refractivity contribution < 1.29 is 9.59 Å². The van der Waals surface area contributed by atoms with E-state index >= 15 is 0 Å². The summed E-state index contributed by atoms with van der Waals surface area (Å²) in [5.74, 6) is 0.314. The highest BCUT2D eigenvalue weighted by atomic mass is 32.2. The van der Waals surface area contributed by atoms with Crippen LogP contribution in [0.4, 0.5) is 5.69 Å². The van der Waals surface area contributed by atoms with Crippen LogP contribution in [0.25, 0.3) is 0 Å². The predicted molar refractivity (Wildman–Crippen MR) is 113 cm³/mol. The summed E-state index contributed by atoms with van der Waals surface area (Å²) < 4.78 is 0. The first-order chi connectivity index (χ1) is 12.9. The number of hydrogen-bond donors (Lipinski definition) is 2. The molecule has 0 aliphatic carbocycles. The van der Waals surface area contributed by atoms with Gasteiger partial charge >= 0.3 is 0 Å². The van der Waals surface area contributed by atoms with E-state index in [9.17, 15) is 9.59 Å². The minimum absolute atomic E-state index is 0.0703. The van der Waals surface area contributed by atoms with Gasteiger partial charge in [-0.25, -0.2) is 0 Å². The number of anilines is 1. The number of nitrogens with zero attached hydrogens (tertiary/aromatic N) is 1. The second-order valence-electron chi connectivity index (χ2n) is 6.70. The van der Waals surface area contributed by atoms with Crippen LogP contribution in [-0.4, -0.2) is 48.9 Å². The number of likely N-dealkylation sites (N-methyl/N-ethyl adjacent to an activating group) is 1. The topological polar surface area (TPSA) is 61.4 Å². The van der Waals surface area contributed by atoms with E-state index in [1.54, 1.807) is 0 Å². The van der Waals surface area contributed by atoms with Crippen molar-refractivity contribution in [2.75, 3.05) is 37.5 Å². The third-order valence-electron chi connectivity index (χ3n) is 3.85. The van der Waals surface area contributed by atoms with Gasteiger partial charge in [0.1, 0.15) is 0 Å². The Kier molecular flexibility index (Phi) is 8.36. The van der Waals surface area contributed by atoms with E-state index in [1.807, 2.05) is 80.5 Å². The Morgan fingerprint density at radius 3 is 2.37 bits per heavy atom. The number of carbonyl (C=O) groups excluding carboxylic acids is 2. The minimum Gasteiger partial charge on any atom is -0.347 e. The summed E-state index contributed by atoms with van der Waals surface area (Å²) in [6.45, 7) is 2.69. The van der Waals surface area contributed by atoms with Crippen LogP contribution in [0.1, 0.15) is 17.2 Å². The monoisotopic (exact) mass is 385 g/mol. The number of benzene rings is 2. The van der Waals surface area contributed by atoms with Gasteiger partial charge in [0.05, 0.1) is 17.5 Å². The van der Waals surface area contributed by atoms with Gasteiger partial charge in [-0.15, -0.1) is 11.8 Å². The molecule has 0 fully saturated rings. The lowest BCUT2D eigenvalue weighted by atomic mass is 10.1. The molecule has 1 atom stereocenters. The van der Waals surface area contributed by atoms with E-state index < -0.39 is 0 Å². The molecule has 0 aliphatic rings. The largest absolute Gasteiger partial charge is 0.347 e. The number of amides is 2. The Morgan fingerprint density at radius 2 is 1.70 bits per heavy atom. The first-order valence-electron chi connectivity index (χ1n) is 8.87. The maximum absolute atomic E-state index is 12.3. The normalized spacial score (nSPS) is 11.9. The van der Waals surface area contributed by atoms with Crippen LogP contribution < -0.4 is 10.6 Å². The molecule has 0 saturated carbocycles. The Bertz CT molecular complexity index is 750. The van der Waals surface area contributed by atoms with Gasteiger partial charge < -0.3 is 15.5 Å². The van der Waals surface area contributed by atoms with Crippen LogP contribution in [0.15, 0.2) is 54.6 Å². The zero-order valence-electron chi connectivity index (χ0n) is 16.1. The van der Waals surface area contributed by atoms with Gasteiger partial charge in [-0.2, -0.15) is 0 Å². The third-order valence-corrected chi connectivity index (χ3v) is 4.79. The molecule has 2 N–H and O–H groups in total. The van der Waals surface area contributed by atoms with Gasteiger partial charge in [0.2, 0.25) is 11.8 Å². The molecule has 2 aromatic carbocycles. The Morgan fingerprint density at radius 1 is 1.00 bits per heavy atom. The quantitative estimate of drug-likeness (QED) is 0.696. The van der Waals surface area contributed by atoms with E-state index in [4.69, 9.17) is 0 Å². The molecular formula is C21H27N3O2S. The van der Waals surface area contributed by atoms with Crippen molar-refractivity contribution in [2.45, 2.75) is 13.0 Å². The highest BCUT2D eigenvalue weighted by Crippen LogP contribution is 2.14. The first-order valence-corrected chi connectivity index (χ1v) is 10.0. The Hall–Kier alpha value is -2.31. The number of hydrogen-bond acceptors (Lipinski definition) is 4. The zero-order valence-corrected chi connectivity index (χ0v) is 16.9.